The summed E-state index contributed by atoms with van der Waals surface area (Å²) in [5.41, 5.74) is 1.56. The first-order valence-corrected chi connectivity index (χ1v) is 6.85. The lowest BCUT2D eigenvalue weighted by Gasteiger charge is -2.19. The van der Waals surface area contributed by atoms with Crippen LogP contribution in [-0.4, -0.2) is 41.0 Å². The van der Waals surface area contributed by atoms with Crippen LogP contribution in [0.25, 0.3) is 0 Å². The Kier molecular flexibility index (Phi) is 4.62. The summed E-state index contributed by atoms with van der Waals surface area (Å²) in [5, 5.41) is 12.2. The van der Waals surface area contributed by atoms with Crippen LogP contribution in [0.5, 0.6) is 0 Å². The number of aryl methyl sites for hydroxylation is 1. The molecule has 1 aliphatic rings. The van der Waals surface area contributed by atoms with Gasteiger partial charge in [-0.3, -0.25) is 14.5 Å². The SMILES string of the molecule is Cc1ccc(NC(=O)CN(CC(=O)O)C2CC2)cc1Cl. The summed E-state index contributed by atoms with van der Waals surface area (Å²) in [4.78, 5) is 24.4. The summed E-state index contributed by atoms with van der Waals surface area (Å²) >= 11 is 5.99. The number of aliphatic carboxylic acids is 1. The van der Waals surface area contributed by atoms with Gasteiger partial charge in [-0.2, -0.15) is 0 Å². The van der Waals surface area contributed by atoms with Gasteiger partial charge in [-0.15, -0.1) is 0 Å². The van der Waals surface area contributed by atoms with Crippen LogP contribution < -0.4 is 5.32 Å². The number of nitrogens with one attached hydrogen (secondary N) is 1. The van der Waals surface area contributed by atoms with Gasteiger partial charge in [-0.05, 0) is 37.5 Å². The third-order valence-corrected chi connectivity index (χ3v) is 3.61. The van der Waals surface area contributed by atoms with Crippen molar-refractivity contribution in [2.75, 3.05) is 18.4 Å². The lowest BCUT2D eigenvalue weighted by Crippen LogP contribution is -2.38. The van der Waals surface area contributed by atoms with Gasteiger partial charge in [-0.25, -0.2) is 0 Å². The average molecular weight is 297 g/mol. The molecule has 0 bridgehead atoms. The molecule has 1 saturated carbocycles. The molecule has 0 aliphatic heterocycles. The smallest absolute Gasteiger partial charge is 0.317 e. The molecule has 1 aromatic carbocycles. The Bertz CT molecular complexity index is 529. The van der Waals surface area contributed by atoms with E-state index < -0.39 is 5.97 Å². The van der Waals surface area contributed by atoms with E-state index in [1.807, 2.05) is 13.0 Å². The summed E-state index contributed by atoms with van der Waals surface area (Å²) < 4.78 is 0. The minimum atomic E-state index is -0.914. The van der Waals surface area contributed by atoms with Crippen LogP contribution in [0, 0.1) is 6.92 Å². The van der Waals surface area contributed by atoms with E-state index >= 15 is 0 Å². The highest BCUT2D eigenvalue weighted by Gasteiger charge is 2.31. The molecule has 108 valence electrons. The number of hydrogen-bond acceptors (Lipinski definition) is 3. The standard InChI is InChI=1S/C14H17ClN2O3/c1-9-2-3-10(6-12(9)15)16-13(18)7-17(8-14(19)20)11-4-5-11/h2-3,6,11H,4-5,7-8H2,1H3,(H,16,18)(H,19,20). The van der Waals surface area contributed by atoms with Crippen LogP contribution in [0.15, 0.2) is 18.2 Å². The van der Waals surface area contributed by atoms with Gasteiger partial charge < -0.3 is 10.4 Å². The summed E-state index contributed by atoms with van der Waals surface area (Å²) in [6.07, 6.45) is 1.91. The Hall–Kier alpha value is -1.59. The maximum atomic E-state index is 11.9. The zero-order valence-corrected chi connectivity index (χ0v) is 12.0. The zero-order valence-electron chi connectivity index (χ0n) is 11.2. The zero-order chi connectivity index (χ0) is 14.7. The molecule has 2 N–H and O–H groups in total. The summed E-state index contributed by atoms with van der Waals surface area (Å²) in [7, 11) is 0. The number of hydrogen-bond donors (Lipinski definition) is 2. The highest BCUT2D eigenvalue weighted by atomic mass is 35.5. The molecule has 20 heavy (non-hydrogen) atoms. The van der Waals surface area contributed by atoms with Crippen molar-refractivity contribution in [1.82, 2.24) is 4.90 Å². The Labute approximate surface area is 122 Å². The molecule has 0 heterocycles. The van der Waals surface area contributed by atoms with Gasteiger partial charge >= 0.3 is 5.97 Å². The number of halogens is 1. The van der Waals surface area contributed by atoms with Crippen LogP contribution in [0.1, 0.15) is 18.4 Å². The fraction of sp³-hybridized carbons (Fsp3) is 0.429. The molecule has 1 fully saturated rings. The van der Waals surface area contributed by atoms with Gasteiger partial charge in [-0.1, -0.05) is 17.7 Å². The molecule has 5 nitrogen and oxygen atoms in total. The van der Waals surface area contributed by atoms with Crippen molar-refractivity contribution in [3.8, 4) is 0 Å². The minimum Gasteiger partial charge on any atom is -0.480 e. The molecule has 1 aliphatic carbocycles. The largest absolute Gasteiger partial charge is 0.480 e. The average Bonchev–Trinajstić information content (AvgIpc) is 3.16. The lowest BCUT2D eigenvalue weighted by molar-refractivity contribution is -0.138. The second-order valence-electron chi connectivity index (χ2n) is 5.04. The highest BCUT2D eigenvalue weighted by molar-refractivity contribution is 6.31. The van der Waals surface area contributed by atoms with Crippen molar-refractivity contribution in [3.63, 3.8) is 0 Å². The van der Waals surface area contributed by atoms with Crippen molar-refractivity contribution in [1.29, 1.82) is 0 Å². The Morgan fingerprint density at radius 2 is 2.10 bits per heavy atom. The third kappa shape index (κ3) is 4.21. The van der Waals surface area contributed by atoms with Crippen molar-refractivity contribution in [3.05, 3.63) is 28.8 Å². The van der Waals surface area contributed by atoms with Gasteiger partial charge in [0, 0.05) is 16.8 Å². The molecule has 0 saturated heterocycles. The second-order valence-corrected chi connectivity index (χ2v) is 5.45. The van der Waals surface area contributed by atoms with E-state index in [0.717, 1.165) is 18.4 Å². The number of anilines is 1. The number of rotatable bonds is 6. The first-order chi connectivity index (χ1) is 9.45. The third-order valence-electron chi connectivity index (χ3n) is 3.20. The van der Waals surface area contributed by atoms with Crippen molar-refractivity contribution >= 4 is 29.2 Å². The maximum Gasteiger partial charge on any atom is 0.317 e. The number of carbonyl (C=O) groups is 2. The molecule has 0 radical (unpaired) electrons. The van der Waals surface area contributed by atoms with Crippen molar-refractivity contribution < 1.29 is 14.7 Å². The molecule has 1 aromatic rings. The Morgan fingerprint density at radius 3 is 2.65 bits per heavy atom. The monoisotopic (exact) mass is 296 g/mol. The normalized spacial score (nSPS) is 14.3. The molecular weight excluding hydrogens is 280 g/mol. The summed E-state index contributed by atoms with van der Waals surface area (Å²) in [6, 6.07) is 5.51. The Balaban J connectivity index is 1.93. The minimum absolute atomic E-state index is 0.0858. The maximum absolute atomic E-state index is 11.9. The number of nitrogens with zero attached hydrogens (tertiary/aromatic N) is 1. The van der Waals surface area contributed by atoms with Gasteiger partial charge in [0.1, 0.15) is 0 Å². The van der Waals surface area contributed by atoms with E-state index in [1.54, 1.807) is 17.0 Å². The number of amides is 1. The number of benzene rings is 1. The van der Waals surface area contributed by atoms with Crippen LogP contribution in [0.2, 0.25) is 5.02 Å². The second kappa shape index (κ2) is 6.24. The summed E-state index contributed by atoms with van der Waals surface area (Å²) in [6.45, 7) is 1.87. The lowest BCUT2D eigenvalue weighted by atomic mass is 10.2. The fourth-order valence-corrected chi connectivity index (χ4v) is 2.16. The summed E-state index contributed by atoms with van der Waals surface area (Å²) in [5.74, 6) is -1.14. The molecule has 0 unspecified atom stereocenters. The molecule has 1 amide bonds. The van der Waals surface area contributed by atoms with Crippen molar-refractivity contribution in [2.45, 2.75) is 25.8 Å². The van der Waals surface area contributed by atoms with E-state index in [-0.39, 0.29) is 25.0 Å². The predicted molar refractivity (Wildman–Crippen MR) is 77.0 cm³/mol. The Morgan fingerprint density at radius 1 is 1.40 bits per heavy atom. The van der Waals surface area contributed by atoms with Gasteiger partial charge in [0.15, 0.2) is 0 Å². The van der Waals surface area contributed by atoms with Crippen LogP contribution in [0.3, 0.4) is 0 Å². The number of carbonyl (C=O) groups excluding carboxylic acids is 1. The van der Waals surface area contributed by atoms with E-state index in [4.69, 9.17) is 16.7 Å². The number of carboxylic acids is 1. The van der Waals surface area contributed by atoms with E-state index in [9.17, 15) is 9.59 Å². The molecule has 0 atom stereocenters. The van der Waals surface area contributed by atoms with E-state index in [2.05, 4.69) is 5.32 Å². The quantitative estimate of drug-likeness (QED) is 0.844. The first-order valence-electron chi connectivity index (χ1n) is 6.47. The van der Waals surface area contributed by atoms with Crippen LogP contribution in [0.4, 0.5) is 5.69 Å². The van der Waals surface area contributed by atoms with Gasteiger partial charge in [0.2, 0.25) is 5.91 Å². The van der Waals surface area contributed by atoms with E-state index in [1.165, 1.54) is 0 Å². The number of carboxylic acid groups (broad SMARTS) is 1. The van der Waals surface area contributed by atoms with Gasteiger partial charge in [0.25, 0.3) is 0 Å². The van der Waals surface area contributed by atoms with Crippen LogP contribution in [-0.2, 0) is 9.59 Å². The molecular formula is C14H17ClN2O3. The first kappa shape index (κ1) is 14.8. The van der Waals surface area contributed by atoms with E-state index in [0.29, 0.717) is 10.7 Å². The molecule has 2 rings (SSSR count). The fourth-order valence-electron chi connectivity index (χ4n) is 1.98. The van der Waals surface area contributed by atoms with Gasteiger partial charge in [0.05, 0.1) is 13.1 Å². The molecule has 0 spiro atoms. The van der Waals surface area contributed by atoms with Crippen molar-refractivity contribution in [2.24, 2.45) is 0 Å². The molecule has 0 aromatic heterocycles. The topological polar surface area (TPSA) is 69.6 Å². The highest BCUT2D eigenvalue weighted by Crippen LogP contribution is 2.26. The van der Waals surface area contributed by atoms with Crippen LogP contribution >= 0.6 is 11.6 Å². The predicted octanol–water partition coefficient (Wildman–Crippen LogP) is 2.14. The molecule has 6 heteroatoms.